The van der Waals surface area contributed by atoms with Crippen molar-refractivity contribution in [3.05, 3.63) is 72.3 Å². The lowest BCUT2D eigenvalue weighted by Gasteiger charge is -2.30. The second-order valence-electron chi connectivity index (χ2n) is 8.49. The Hall–Kier alpha value is -4.24. The van der Waals surface area contributed by atoms with E-state index in [1.165, 1.54) is 26.2 Å². The Labute approximate surface area is 215 Å². The molecule has 9 heteroatoms. The molecule has 5 rings (SSSR count). The van der Waals surface area contributed by atoms with Crippen LogP contribution in [-0.4, -0.2) is 45.9 Å². The van der Waals surface area contributed by atoms with Crippen LogP contribution in [0.2, 0.25) is 0 Å². The largest absolute Gasteiger partial charge is 0.493 e. The van der Waals surface area contributed by atoms with Crippen molar-refractivity contribution in [1.82, 2.24) is 0 Å². The lowest BCUT2D eigenvalue weighted by Crippen LogP contribution is -2.37. The van der Waals surface area contributed by atoms with E-state index >= 15 is 0 Å². The van der Waals surface area contributed by atoms with E-state index in [1.807, 2.05) is 37.3 Å². The number of amides is 2. The van der Waals surface area contributed by atoms with Crippen LogP contribution in [0.15, 0.2) is 66.7 Å². The summed E-state index contributed by atoms with van der Waals surface area (Å²) >= 11 is 0. The fraction of sp³-hybridized carbons (Fsp3) is 0.286. The molecule has 2 saturated heterocycles. The van der Waals surface area contributed by atoms with Gasteiger partial charge in [0.15, 0.2) is 17.6 Å². The first-order valence-corrected chi connectivity index (χ1v) is 11.9. The normalized spacial score (nSPS) is 20.7. The number of hydrogen-bond donors (Lipinski definition) is 0. The van der Waals surface area contributed by atoms with Gasteiger partial charge in [-0.15, -0.1) is 0 Å². The molecule has 0 N–H and O–H groups in total. The summed E-state index contributed by atoms with van der Waals surface area (Å²) in [7, 11) is 4.58. The monoisotopic (exact) mass is 504 g/mol. The molecule has 2 aliphatic rings. The van der Waals surface area contributed by atoms with E-state index in [2.05, 4.69) is 0 Å². The van der Waals surface area contributed by atoms with E-state index in [-0.39, 0.29) is 5.91 Å². The van der Waals surface area contributed by atoms with Gasteiger partial charge in [-0.25, -0.2) is 9.96 Å². The number of rotatable bonds is 8. The minimum Gasteiger partial charge on any atom is -0.493 e. The summed E-state index contributed by atoms with van der Waals surface area (Å²) in [6.07, 6.45) is -1.04. The first kappa shape index (κ1) is 24.5. The molecule has 192 valence electrons. The molecule has 2 fully saturated rings. The summed E-state index contributed by atoms with van der Waals surface area (Å²) in [5.74, 6) is 0.0133. The number of benzene rings is 3. The number of nitrogens with zero attached hydrogens (tertiary/aromatic N) is 2. The van der Waals surface area contributed by atoms with Crippen LogP contribution in [-0.2, 0) is 14.4 Å². The summed E-state index contributed by atoms with van der Waals surface area (Å²) in [6.45, 7) is 2.24. The van der Waals surface area contributed by atoms with E-state index < -0.39 is 24.0 Å². The van der Waals surface area contributed by atoms with Crippen molar-refractivity contribution in [3.63, 3.8) is 0 Å². The molecule has 0 aromatic heterocycles. The number of hydroxylamine groups is 1. The number of carbonyl (C=O) groups is 2. The fourth-order valence-corrected chi connectivity index (χ4v) is 5.04. The van der Waals surface area contributed by atoms with Crippen LogP contribution in [0.3, 0.4) is 0 Å². The van der Waals surface area contributed by atoms with E-state index in [1.54, 1.807) is 41.5 Å². The van der Waals surface area contributed by atoms with Crippen molar-refractivity contribution in [1.29, 1.82) is 0 Å². The summed E-state index contributed by atoms with van der Waals surface area (Å²) in [6, 6.07) is 19.2. The number of methoxy groups -OCH3 is 3. The molecule has 2 aliphatic heterocycles. The average molecular weight is 505 g/mol. The molecule has 9 nitrogen and oxygen atoms in total. The highest BCUT2D eigenvalue weighted by atomic mass is 16.7. The van der Waals surface area contributed by atoms with Crippen LogP contribution in [0.5, 0.6) is 23.0 Å². The van der Waals surface area contributed by atoms with Gasteiger partial charge in [-0.05, 0) is 43.3 Å². The predicted octanol–water partition coefficient (Wildman–Crippen LogP) is 4.16. The molecule has 0 saturated carbocycles. The highest BCUT2D eigenvalue weighted by molar-refractivity contribution is 6.24. The van der Waals surface area contributed by atoms with Crippen LogP contribution in [0.25, 0.3) is 0 Å². The zero-order valence-electron chi connectivity index (χ0n) is 21.0. The Bertz CT molecular complexity index is 1310. The van der Waals surface area contributed by atoms with E-state index in [9.17, 15) is 9.59 Å². The zero-order chi connectivity index (χ0) is 26.1. The van der Waals surface area contributed by atoms with Crippen molar-refractivity contribution in [2.75, 3.05) is 37.9 Å². The maximum atomic E-state index is 14.0. The van der Waals surface area contributed by atoms with Crippen molar-refractivity contribution in [2.45, 2.75) is 19.1 Å². The molecule has 37 heavy (non-hydrogen) atoms. The van der Waals surface area contributed by atoms with E-state index in [0.717, 1.165) is 0 Å². The zero-order valence-corrected chi connectivity index (χ0v) is 21.0. The predicted molar refractivity (Wildman–Crippen MR) is 136 cm³/mol. The second-order valence-corrected chi connectivity index (χ2v) is 8.49. The molecule has 0 unspecified atom stereocenters. The summed E-state index contributed by atoms with van der Waals surface area (Å²) in [5, 5.41) is 1.61. The van der Waals surface area contributed by atoms with Crippen LogP contribution < -0.4 is 28.9 Å². The van der Waals surface area contributed by atoms with Gasteiger partial charge in [0.05, 0.1) is 39.3 Å². The number of anilines is 2. The molecular formula is C28H28N2O7. The molecule has 3 aromatic rings. The molecule has 3 atom stereocenters. The Morgan fingerprint density at radius 1 is 0.784 bits per heavy atom. The minimum atomic E-state index is -1.04. The Morgan fingerprint density at radius 2 is 1.49 bits per heavy atom. The summed E-state index contributed by atoms with van der Waals surface area (Å²) in [4.78, 5) is 35.2. The SMILES string of the molecule is CCOc1ccccc1N1C(=O)[C@H]2[C@@H](ON(c3ccccc3)[C@H]2c2ccc(OC)c(OC)c2OC)C1=O. The van der Waals surface area contributed by atoms with Gasteiger partial charge >= 0.3 is 0 Å². The number of imide groups is 1. The standard InChI is InChI=1S/C28H28N2O7/c1-5-36-20-14-10-9-13-19(20)29-27(31)22-23(18-15-16-21(33-2)25(35-4)24(18)34-3)30(37-26(22)28(29)32)17-11-7-6-8-12-17/h6-16,22-23,26H,5H2,1-4H3/t22-,23+,26-/m1/s1. The number of para-hydroxylation sites is 3. The van der Waals surface area contributed by atoms with Gasteiger partial charge in [0.1, 0.15) is 17.7 Å². The molecule has 3 aromatic carbocycles. The third-order valence-corrected chi connectivity index (χ3v) is 6.59. The van der Waals surface area contributed by atoms with E-state index in [4.69, 9.17) is 23.8 Å². The third-order valence-electron chi connectivity index (χ3n) is 6.59. The highest BCUT2D eigenvalue weighted by Gasteiger charge is 2.61. The van der Waals surface area contributed by atoms with Gasteiger partial charge in [0.2, 0.25) is 11.7 Å². The Kier molecular flexibility index (Phi) is 6.62. The van der Waals surface area contributed by atoms with Gasteiger partial charge < -0.3 is 18.9 Å². The molecular weight excluding hydrogens is 476 g/mol. The summed E-state index contributed by atoms with van der Waals surface area (Å²) < 4.78 is 22.5. The second kappa shape index (κ2) is 10.0. The molecule has 0 radical (unpaired) electrons. The van der Waals surface area contributed by atoms with Crippen LogP contribution in [0.1, 0.15) is 18.5 Å². The maximum absolute atomic E-state index is 14.0. The van der Waals surface area contributed by atoms with Gasteiger partial charge in [0.25, 0.3) is 5.91 Å². The smallest absolute Gasteiger partial charge is 0.266 e. The quantitative estimate of drug-likeness (QED) is 0.423. The molecule has 0 aliphatic carbocycles. The fourth-order valence-electron chi connectivity index (χ4n) is 5.04. The molecule has 2 amide bonds. The van der Waals surface area contributed by atoms with Crippen LogP contribution in [0, 0.1) is 5.92 Å². The molecule has 0 spiro atoms. The topological polar surface area (TPSA) is 86.8 Å². The van der Waals surface area contributed by atoms with Crippen LogP contribution in [0.4, 0.5) is 11.4 Å². The Morgan fingerprint density at radius 3 is 2.16 bits per heavy atom. The Balaban J connectivity index is 1.66. The van der Waals surface area contributed by atoms with Crippen molar-refractivity contribution >= 4 is 23.2 Å². The molecule has 0 bridgehead atoms. The van der Waals surface area contributed by atoms with Crippen molar-refractivity contribution < 1.29 is 33.4 Å². The minimum absolute atomic E-state index is 0.384. The van der Waals surface area contributed by atoms with Gasteiger partial charge in [-0.3, -0.25) is 14.4 Å². The van der Waals surface area contributed by atoms with Crippen LogP contribution >= 0.6 is 0 Å². The van der Waals surface area contributed by atoms with E-state index in [0.29, 0.717) is 46.5 Å². The lowest BCUT2D eigenvalue weighted by atomic mass is 9.89. The first-order chi connectivity index (χ1) is 18.0. The number of carbonyl (C=O) groups excluding carboxylic acids is 2. The highest BCUT2D eigenvalue weighted by Crippen LogP contribution is 2.53. The van der Waals surface area contributed by atoms with Gasteiger partial charge in [-0.1, -0.05) is 30.3 Å². The number of fused-ring (bicyclic) bond motifs is 1. The lowest BCUT2D eigenvalue weighted by molar-refractivity contribution is -0.126. The van der Waals surface area contributed by atoms with Crippen molar-refractivity contribution in [3.8, 4) is 23.0 Å². The summed E-state index contributed by atoms with van der Waals surface area (Å²) in [5.41, 5.74) is 1.71. The number of ether oxygens (including phenoxy) is 4. The first-order valence-electron chi connectivity index (χ1n) is 11.9. The average Bonchev–Trinajstić information content (AvgIpc) is 3.44. The van der Waals surface area contributed by atoms with Gasteiger partial charge in [0, 0.05) is 5.56 Å². The van der Waals surface area contributed by atoms with Crippen molar-refractivity contribution in [2.24, 2.45) is 5.92 Å². The van der Waals surface area contributed by atoms with Gasteiger partial charge in [-0.2, -0.15) is 0 Å². The molecule has 2 heterocycles. The number of hydrogen-bond acceptors (Lipinski definition) is 8. The maximum Gasteiger partial charge on any atom is 0.266 e. The third kappa shape index (κ3) is 3.92.